The normalized spacial score (nSPS) is 12.1. The zero-order valence-corrected chi connectivity index (χ0v) is 24.7. The van der Waals surface area contributed by atoms with Gasteiger partial charge in [0, 0.05) is 29.8 Å². The van der Waals surface area contributed by atoms with Gasteiger partial charge in [-0.2, -0.15) is 4.98 Å². The van der Waals surface area contributed by atoms with Crippen LogP contribution in [0.4, 0.5) is 0 Å². The van der Waals surface area contributed by atoms with Crippen molar-refractivity contribution < 1.29 is 14.0 Å². The lowest BCUT2D eigenvalue weighted by molar-refractivity contribution is 0.211. The van der Waals surface area contributed by atoms with Gasteiger partial charge in [0.15, 0.2) is 10.5 Å². The first-order valence-electron chi connectivity index (χ1n) is 12.9. The van der Waals surface area contributed by atoms with Crippen LogP contribution in [0.3, 0.4) is 0 Å². The molecule has 0 fully saturated rings. The van der Waals surface area contributed by atoms with Crippen LogP contribution in [0.25, 0.3) is 33.1 Å². The highest BCUT2D eigenvalue weighted by molar-refractivity contribution is 7.90. The van der Waals surface area contributed by atoms with Crippen LogP contribution >= 0.6 is 23.2 Å². The van der Waals surface area contributed by atoms with E-state index in [2.05, 4.69) is 19.9 Å². The molecule has 0 aliphatic carbocycles. The van der Waals surface area contributed by atoms with Gasteiger partial charge in [-0.15, -0.1) is 3.97 Å². The van der Waals surface area contributed by atoms with E-state index in [1.165, 1.54) is 0 Å². The highest BCUT2D eigenvalue weighted by atomic mass is 35.5. The summed E-state index contributed by atoms with van der Waals surface area (Å²) < 4.78 is 26.8. The number of hydrogen-bond acceptors (Lipinski definition) is 8. The number of pyridine rings is 2. The number of benzene rings is 2. The van der Waals surface area contributed by atoms with E-state index in [-0.39, 0.29) is 10.4 Å². The van der Waals surface area contributed by atoms with Crippen molar-refractivity contribution in [2.75, 3.05) is 13.2 Å². The lowest BCUT2D eigenvalue weighted by Gasteiger charge is -2.11. The van der Waals surface area contributed by atoms with Gasteiger partial charge in [0.25, 0.3) is 0 Å². The van der Waals surface area contributed by atoms with Crippen molar-refractivity contribution in [2.24, 2.45) is 5.73 Å². The van der Waals surface area contributed by atoms with Crippen LogP contribution in [-0.2, 0) is 17.9 Å². The van der Waals surface area contributed by atoms with E-state index in [9.17, 15) is 4.55 Å². The maximum atomic E-state index is 13.6. The van der Waals surface area contributed by atoms with Gasteiger partial charge in [-0.05, 0) is 66.0 Å². The van der Waals surface area contributed by atoms with Gasteiger partial charge < -0.3 is 19.8 Å². The maximum absolute atomic E-state index is 13.6. The molecule has 0 saturated heterocycles. The van der Waals surface area contributed by atoms with Crippen LogP contribution in [0.1, 0.15) is 11.1 Å². The fourth-order valence-electron chi connectivity index (χ4n) is 4.46. The first-order valence-corrected chi connectivity index (χ1v) is 14.8. The van der Waals surface area contributed by atoms with E-state index < -0.39 is 11.4 Å². The summed E-state index contributed by atoms with van der Waals surface area (Å²) in [6.07, 6.45) is 5.09. The van der Waals surface area contributed by atoms with Crippen molar-refractivity contribution in [3.8, 4) is 22.8 Å². The highest BCUT2D eigenvalue weighted by Gasteiger charge is 2.25. The van der Waals surface area contributed by atoms with Crippen molar-refractivity contribution in [3.63, 3.8) is 0 Å². The number of halogens is 2. The molecule has 0 saturated carbocycles. The van der Waals surface area contributed by atoms with Gasteiger partial charge in [-0.3, -0.25) is 4.98 Å². The Morgan fingerprint density at radius 3 is 2.57 bits per heavy atom. The SMILES string of the molecule is Cc1ccc([S+]([O-])n2cc(-c3ccc4ncc(OCCOc5cc(CN)ccn5)cc4c3)c3c(Cl)nc(Cl)nc32)cc1. The van der Waals surface area contributed by atoms with E-state index in [1.54, 1.807) is 28.6 Å². The summed E-state index contributed by atoms with van der Waals surface area (Å²) in [4.78, 5) is 17.9. The molecule has 42 heavy (non-hydrogen) atoms. The van der Waals surface area contributed by atoms with Crippen molar-refractivity contribution in [2.45, 2.75) is 18.4 Å². The van der Waals surface area contributed by atoms with Crippen molar-refractivity contribution >= 4 is 56.5 Å². The number of nitrogens with zero attached hydrogens (tertiary/aromatic N) is 5. The molecule has 1 atom stereocenters. The average Bonchev–Trinajstić information content (AvgIpc) is 3.39. The van der Waals surface area contributed by atoms with Crippen molar-refractivity contribution in [3.05, 3.63) is 101 Å². The molecule has 0 amide bonds. The number of fused-ring (bicyclic) bond motifs is 2. The van der Waals surface area contributed by atoms with Crippen LogP contribution in [0.2, 0.25) is 10.4 Å². The molecule has 0 spiro atoms. The zero-order valence-electron chi connectivity index (χ0n) is 22.3. The summed E-state index contributed by atoms with van der Waals surface area (Å²) in [6, 6.07) is 18.8. The van der Waals surface area contributed by atoms with Gasteiger partial charge in [-0.25, -0.2) is 9.97 Å². The number of aryl methyl sites for hydroxylation is 1. The monoisotopic (exact) mass is 618 g/mol. The molecule has 0 aliphatic heterocycles. The van der Waals surface area contributed by atoms with Crippen LogP contribution in [0.5, 0.6) is 11.6 Å². The molecule has 4 heterocycles. The fraction of sp³-hybridized carbons (Fsp3) is 0.133. The second-order valence-corrected chi connectivity index (χ2v) is 11.5. The van der Waals surface area contributed by atoms with Gasteiger partial charge >= 0.3 is 0 Å². The van der Waals surface area contributed by atoms with Crippen LogP contribution in [-0.4, -0.2) is 41.7 Å². The Morgan fingerprint density at radius 1 is 0.952 bits per heavy atom. The molecule has 4 aromatic heterocycles. The quantitative estimate of drug-likeness (QED) is 0.0886. The molecule has 0 aliphatic rings. The summed E-state index contributed by atoms with van der Waals surface area (Å²) in [7, 11) is 0. The molecule has 6 rings (SSSR count). The summed E-state index contributed by atoms with van der Waals surface area (Å²) in [5.41, 5.74) is 10.4. The molecule has 12 heteroatoms. The van der Waals surface area contributed by atoms with Gasteiger partial charge in [-0.1, -0.05) is 35.4 Å². The summed E-state index contributed by atoms with van der Waals surface area (Å²) in [5.74, 6) is 1.08. The Balaban J connectivity index is 1.29. The van der Waals surface area contributed by atoms with Crippen LogP contribution in [0.15, 0.2) is 84.1 Å². The molecular weight excluding hydrogens is 595 g/mol. The molecule has 1 unspecified atom stereocenters. The van der Waals surface area contributed by atoms with E-state index in [4.69, 9.17) is 38.4 Å². The second kappa shape index (κ2) is 12.1. The lowest BCUT2D eigenvalue weighted by Crippen LogP contribution is -2.12. The first kappa shape index (κ1) is 28.2. The topological polar surface area (TPSA) is 124 Å². The molecule has 2 N–H and O–H groups in total. The number of aromatic nitrogens is 5. The van der Waals surface area contributed by atoms with Crippen molar-refractivity contribution in [1.29, 1.82) is 0 Å². The minimum atomic E-state index is -1.60. The molecule has 6 aromatic rings. The molecule has 9 nitrogen and oxygen atoms in total. The zero-order chi connectivity index (χ0) is 29.2. The highest BCUT2D eigenvalue weighted by Crippen LogP contribution is 2.37. The summed E-state index contributed by atoms with van der Waals surface area (Å²) in [5, 5.41) is 1.53. The second-order valence-electron chi connectivity index (χ2n) is 9.39. The van der Waals surface area contributed by atoms with E-state index in [0.29, 0.717) is 52.9 Å². The summed E-state index contributed by atoms with van der Waals surface area (Å²) >= 11 is 11.1. The Labute approximate surface area is 254 Å². The smallest absolute Gasteiger partial charge is 0.225 e. The number of ether oxygens (including phenoxy) is 2. The third-order valence-corrected chi connectivity index (χ3v) is 8.30. The predicted molar refractivity (Wildman–Crippen MR) is 164 cm³/mol. The lowest BCUT2D eigenvalue weighted by atomic mass is 10.0. The Hall–Kier alpha value is -3.93. The molecule has 0 radical (unpaired) electrons. The average molecular weight is 620 g/mol. The third-order valence-electron chi connectivity index (χ3n) is 6.55. The third kappa shape index (κ3) is 5.85. The Morgan fingerprint density at radius 2 is 1.76 bits per heavy atom. The van der Waals surface area contributed by atoms with Crippen LogP contribution in [0, 0.1) is 6.92 Å². The number of nitrogens with two attached hydrogens (primary N) is 1. The molecule has 0 bridgehead atoms. The van der Waals surface area contributed by atoms with E-state index in [0.717, 1.165) is 27.6 Å². The van der Waals surface area contributed by atoms with E-state index >= 15 is 0 Å². The summed E-state index contributed by atoms with van der Waals surface area (Å²) in [6.45, 7) is 2.99. The maximum Gasteiger partial charge on any atom is 0.225 e. The Bertz CT molecular complexity index is 1900. The van der Waals surface area contributed by atoms with Crippen molar-refractivity contribution in [1.82, 2.24) is 23.9 Å². The van der Waals surface area contributed by atoms with Gasteiger partial charge in [0.2, 0.25) is 11.2 Å². The first-order chi connectivity index (χ1) is 20.4. The van der Waals surface area contributed by atoms with Crippen LogP contribution < -0.4 is 15.2 Å². The predicted octanol–water partition coefficient (Wildman–Crippen LogP) is 6.14. The number of hydrogen-bond donors (Lipinski definition) is 1. The minimum absolute atomic E-state index is 0.0318. The van der Waals surface area contributed by atoms with Gasteiger partial charge in [0.05, 0.1) is 23.3 Å². The molecular formula is C30H24Cl2N6O3S. The largest absolute Gasteiger partial charge is 0.587 e. The standard InChI is InChI=1S/C30H24Cl2N6O3S/c1-18-2-5-23(6-3-18)42(39)38-17-24(27-28(31)36-30(32)37-29(27)38)20-4-7-25-21(13-20)14-22(16-35-25)40-10-11-41-26-12-19(15-33)8-9-34-26/h2-9,12-14,16-17H,10-11,15,33H2,1H3. The minimum Gasteiger partial charge on any atom is -0.587 e. The fourth-order valence-corrected chi connectivity index (χ4v) is 6.03. The number of rotatable bonds is 9. The molecule has 2 aromatic carbocycles. The van der Waals surface area contributed by atoms with E-state index in [1.807, 2.05) is 61.5 Å². The molecule has 212 valence electrons. The Kier molecular flexibility index (Phi) is 8.14. The van der Waals surface area contributed by atoms with Gasteiger partial charge in [0.1, 0.15) is 35.5 Å².